The number of hydrogen-bond acceptors (Lipinski definition) is 5. The fourth-order valence-corrected chi connectivity index (χ4v) is 2.28. The molecule has 2 aromatic rings. The zero-order chi connectivity index (χ0) is 17.1. The van der Waals surface area contributed by atoms with Gasteiger partial charge in [-0.25, -0.2) is 0 Å². The van der Waals surface area contributed by atoms with Crippen molar-refractivity contribution >= 4 is 5.78 Å². The second kappa shape index (κ2) is 6.36. The fraction of sp³-hybridized carbons (Fsp3) is 0.235. The van der Waals surface area contributed by atoms with Gasteiger partial charge in [-0.3, -0.25) is 14.2 Å². The normalized spacial score (nSPS) is 10.2. The molecular weight excluding hydrogens is 296 g/mol. The molecule has 2 rings (SSSR count). The number of carbonyl (C=O) groups is 1. The van der Waals surface area contributed by atoms with Crippen LogP contribution < -0.4 is 10.3 Å². The van der Waals surface area contributed by atoms with Crippen molar-refractivity contribution in [2.75, 3.05) is 6.61 Å². The summed E-state index contributed by atoms with van der Waals surface area (Å²) in [6, 6.07) is 8.97. The SMILES string of the molecule is Cc1cccc(OCC(=O)c2c(C)c(C#N)c(=O)n(C)c2O)c1. The summed E-state index contributed by atoms with van der Waals surface area (Å²) in [5.41, 5.74) is 0.271. The molecule has 0 amide bonds. The highest BCUT2D eigenvalue weighted by Gasteiger charge is 2.22. The number of rotatable bonds is 4. The van der Waals surface area contributed by atoms with E-state index in [4.69, 9.17) is 10.00 Å². The highest BCUT2D eigenvalue weighted by molar-refractivity contribution is 6.01. The minimum Gasteiger partial charge on any atom is -0.494 e. The first kappa shape index (κ1) is 16.3. The van der Waals surface area contributed by atoms with Crippen LogP contribution >= 0.6 is 0 Å². The summed E-state index contributed by atoms with van der Waals surface area (Å²) in [5, 5.41) is 19.1. The number of hydrogen-bond donors (Lipinski definition) is 1. The molecular formula is C17H16N2O4. The quantitative estimate of drug-likeness (QED) is 0.870. The predicted octanol–water partition coefficient (Wildman–Crippen LogP) is 1.84. The molecule has 0 saturated heterocycles. The number of carbonyl (C=O) groups excluding carboxylic acids is 1. The minimum absolute atomic E-state index is 0.0729. The first-order chi connectivity index (χ1) is 10.9. The van der Waals surface area contributed by atoms with Gasteiger partial charge in [-0.05, 0) is 37.1 Å². The van der Waals surface area contributed by atoms with Crippen LogP contribution in [0.2, 0.25) is 0 Å². The van der Waals surface area contributed by atoms with E-state index in [1.54, 1.807) is 24.3 Å². The van der Waals surface area contributed by atoms with Crippen molar-refractivity contribution in [1.29, 1.82) is 5.26 Å². The molecule has 1 N–H and O–H groups in total. The molecule has 0 spiro atoms. The van der Waals surface area contributed by atoms with Gasteiger partial charge >= 0.3 is 0 Å². The van der Waals surface area contributed by atoms with E-state index in [1.807, 2.05) is 13.0 Å². The summed E-state index contributed by atoms with van der Waals surface area (Å²) in [4.78, 5) is 24.2. The Labute approximate surface area is 133 Å². The lowest BCUT2D eigenvalue weighted by Crippen LogP contribution is -2.25. The summed E-state index contributed by atoms with van der Waals surface area (Å²) < 4.78 is 6.31. The third-order valence-electron chi connectivity index (χ3n) is 3.56. The van der Waals surface area contributed by atoms with Crippen LogP contribution in [0.5, 0.6) is 11.6 Å². The van der Waals surface area contributed by atoms with Gasteiger partial charge in [0.2, 0.25) is 11.7 Å². The van der Waals surface area contributed by atoms with Crippen LogP contribution in [0.25, 0.3) is 0 Å². The fourth-order valence-electron chi connectivity index (χ4n) is 2.28. The highest BCUT2D eigenvalue weighted by Crippen LogP contribution is 2.22. The van der Waals surface area contributed by atoms with Crippen LogP contribution in [-0.4, -0.2) is 22.1 Å². The first-order valence-electron chi connectivity index (χ1n) is 6.92. The molecule has 0 saturated carbocycles. The van der Waals surface area contributed by atoms with Gasteiger partial charge < -0.3 is 9.84 Å². The number of ketones is 1. The molecule has 6 heteroatoms. The lowest BCUT2D eigenvalue weighted by Gasteiger charge is -2.13. The van der Waals surface area contributed by atoms with Gasteiger partial charge in [0.25, 0.3) is 5.56 Å². The van der Waals surface area contributed by atoms with E-state index in [0.29, 0.717) is 5.75 Å². The Bertz CT molecular complexity index is 875. The van der Waals surface area contributed by atoms with Gasteiger partial charge in [0, 0.05) is 7.05 Å². The molecule has 1 aromatic carbocycles. The summed E-state index contributed by atoms with van der Waals surface area (Å²) in [5.74, 6) is -0.446. The number of aromatic nitrogens is 1. The number of ether oxygens (including phenoxy) is 1. The Hall–Kier alpha value is -3.07. The van der Waals surface area contributed by atoms with Crippen LogP contribution in [0.3, 0.4) is 0 Å². The Morgan fingerprint density at radius 2 is 2.09 bits per heavy atom. The molecule has 0 aliphatic heterocycles. The molecule has 0 bridgehead atoms. The number of aromatic hydroxyl groups is 1. The van der Waals surface area contributed by atoms with Crippen molar-refractivity contribution in [2.24, 2.45) is 7.05 Å². The van der Waals surface area contributed by atoms with Crippen molar-refractivity contribution < 1.29 is 14.6 Å². The van der Waals surface area contributed by atoms with Crippen LogP contribution in [0.1, 0.15) is 27.0 Å². The van der Waals surface area contributed by atoms with Crippen LogP contribution in [-0.2, 0) is 7.05 Å². The van der Waals surface area contributed by atoms with E-state index < -0.39 is 17.2 Å². The van der Waals surface area contributed by atoms with Crippen molar-refractivity contribution in [1.82, 2.24) is 4.57 Å². The Morgan fingerprint density at radius 3 is 2.70 bits per heavy atom. The topological polar surface area (TPSA) is 92.3 Å². The monoisotopic (exact) mass is 312 g/mol. The average molecular weight is 312 g/mol. The van der Waals surface area contributed by atoms with Crippen molar-refractivity contribution in [3.05, 3.63) is 56.9 Å². The van der Waals surface area contributed by atoms with Crippen molar-refractivity contribution in [3.8, 4) is 17.7 Å². The molecule has 0 atom stereocenters. The standard InChI is InChI=1S/C17H16N2O4/c1-10-5-4-6-12(7-10)23-9-14(20)15-11(2)13(8-18)16(21)19(3)17(15)22/h4-7,22H,9H2,1-3H3. The summed E-state index contributed by atoms with van der Waals surface area (Å²) in [6.07, 6.45) is 0. The number of nitrogens with zero attached hydrogens (tertiary/aromatic N) is 2. The maximum atomic E-state index is 12.4. The summed E-state index contributed by atoms with van der Waals surface area (Å²) >= 11 is 0. The molecule has 0 aliphatic rings. The third kappa shape index (κ3) is 3.09. The predicted molar refractivity (Wildman–Crippen MR) is 83.8 cm³/mol. The summed E-state index contributed by atoms with van der Waals surface area (Å²) in [7, 11) is 1.30. The molecule has 1 heterocycles. The number of Topliss-reactive ketones (excluding diaryl/α,β-unsaturated/α-hetero) is 1. The first-order valence-corrected chi connectivity index (χ1v) is 6.92. The number of nitriles is 1. The number of aryl methyl sites for hydroxylation is 1. The molecule has 1 aromatic heterocycles. The van der Waals surface area contributed by atoms with Crippen LogP contribution in [0.15, 0.2) is 29.1 Å². The third-order valence-corrected chi connectivity index (χ3v) is 3.56. The second-order valence-electron chi connectivity index (χ2n) is 5.20. The van der Waals surface area contributed by atoms with Crippen LogP contribution in [0.4, 0.5) is 0 Å². The minimum atomic E-state index is -0.640. The Kier molecular flexibility index (Phi) is 4.51. The average Bonchev–Trinajstić information content (AvgIpc) is 2.51. The number of benzene rings is 1. The van der Waals surface area contributed by atoms with Crippen LogP contribution in [0, 0.1) is 25.2 Å². The van der Waals surface area contributed by atoms with Gasteiger partial charge in [-0.2, -0.15) is 5.26 Å². The maximum Gasteiger partial charge on any atom is 0.271 e. The zero-order valence-corrected chi connectivity index (χ0v) is 13.1. The zero-order valence-electron chi connectivity index (χ0n) is 13.1. The Balaban J connectivity index is 2.35. The molecule has 23 heavy (non-hydrogen) atoms. The van der Waals surface area contributed by atoms with E-state index in [9.17, 15) is 14.7 Å². The number of pyridine rings is 1. The van der Waals surface area contributed by atoms with E-state index in [2.05, 4.69) is 0 Å². The second-order valence-corrected chi connectivity index (χ2v) is 5.20. The van der Waals surface area contributed by atoms with E-state index >= 15 is 0 Å². The van der Waals surface area contributed by atoms with Crippen molar-refractivity contribution in [2.45, 2.75) is 13.8 Å². The highest BCUT2D eigenvalue weighted by atomic mass is 16.5. The van der Waals surface area contributed by atoms with E-state index in [1.165, 1.54) is 14.0 Å². The molecule has 118 valence electrons. The van der Waals surface area contributed by atoms with Gasteiger partial charge in [-0.15, -0.1) is 0 Å². The van der Waals surface area contributed by atoms with E-state index in [-0.39, 0.29) is 23.3 Å². The molecule has 0 fully saturated rings. The molecule has 0 unspecified atom stereocenters. The smallest absolute Gasteiger partial charge is 0.271 e. The van der Waals surface area contributed by atoms with Gasteiger partial charge in [0.05, 0.1) is 5.56 Å². The molecule has 6 nitrogen and oxygen atoms in total. The molecule has 0 radical (unpaired) electrons. The molecule has 0 aliphatic carbocycles. The van der Waals surface area contributed by atoms with Gasteiger partial charge in [0.1, 0.15) is 17.4 Å². The lowest BCUT2D eigenvalue weighted by molar-refractivity contribution is 0.0916. The lowest BCUT2D eigenvalue weighted by atomic mass is 10.0. The summed E-state index contributed by atoms with van der Waals surface area (Å²) in [6.45, 7) is 3.05. The van der Waals surface area contributed by atoms with E-state index in [0.717, 1.165) is 10.1 Å². The largest absolute Gasteiger partial charge is 0.494 e. The Morgan fingerprint density at radius 1 is 1.39 bits per heavy atom. The van der Waals surface area contributed by atoms with Crippen molar-refractivity contribution in [3.63, 3.8) is 0 Å². The van der Waals surface area contributed by atoms with Gasteiger partial charge in [-0.1, -0.05) is 12.1 Å². The maximum absolute atomic E-state index is 12.4. The van der Waals surface area contributed by atoms with Gasteiger partial charge in [0.15, 0.2) is 6.61 Å².